The third-order valence-electron chi connectivity index (χ3n) is 10.9. The van der Waals surface area contributed by atoms with Crippen LogP contribution in [0.2, 0.25) is 0 Å². The number of rotatable bonds is 5. The smallest absolute Gasteiger partial charge is 0.164 e. The van der Waals surface area contributed by atoms with Crippen molar-refractivity contribution < 1.29 is 4.74 Å². The molecule has 0 amide bonds. The van der Waals surface area contributed by atoms with Crippen molar-refractivity contribution in [2.45, 2.75) is 49.7 Å². The molecule has 4 aliphatic rings. The van der Waals surface area contributed by atoms with Gasteiger partial charge >= 0.3 is 0 Å². The quantitative estimate of drug-likeness (QED) is 0.186. The monoisotopic (exact) mass is 648 g/mol. The molecule has 0 saturated heterocycles. The molecule has 0 radical (unpaired) electrons. The zero-order valence-corrected chi connectivity index (χ0v) is 27.7. The van der Waals surface area contributed by atoms with Crippen LogP contribution in [0.5, 0.6) is 5.75 Å². The van der Waals surface area contributed by atoms with E-state index in [0.717, 1.165) is 22.4 Å². The molecule has 2 aliphatic heterocycles. The van der Waals surface area contributed by atoms with Gasteiger partial charge in [0.25, 0.3) is 0 Å². The molecule has 5 nitrogen and oxygen atoms in total. The second-order valence-electron chi connectivity index (χ2n) is 13.8. The number of ether oxygens (including phenoxy) is 1. The minimum absolute atomic E-state index is 0.0369. The van der Waals surface area contributed by atoms with Crippen molar-refractivity contribution in [3.05, 3.63) is 163 Å². The minimum atomic E-state index is -0.0790. The van der Waals surface area contributed by atoms with Crippen LogP contribution in [-0.2, 0) is 0 Å². The Kier molecular flexibility index (Phi) is 6.97. The first-order valence-electron chi connectivity index (χ1n) is 17.8. The number of anilines is 2. The van der Waals surface area contributed by atoms with Crippen molar-refractivity contribution in [2.24, 2.45) is 0 Å². The number of nitrogens with zero attached hydrogens (tertiary/aromatic N) is 4. The highest BCUT2D eigenvalue weighted by atomic mass is 16.5. The Balaban J connectivity index is 1.06. The number of hydrogen-bond donors (Lipinski definition) is 0. The lowest BCUT2D eigenvalue weighted by atomic mass is 9.81. The van der Waals surface area contributed by atoms with Crippen LogP contribution < -0.4 is 9.64 Å². The molecule has 4 atom stereocenters. The molecule has 242 valence electrons. The molecular weight excluding hydrogens is 613 g/mol. The van der Waals surface area contributed by atoms with Crippen molar-refractivity contribution in [1.82, 2.24) is 15.0 Å². The standard InChI is InChI=1S/C45H36N4O/c1-4-13-29(14-5-1)43-46-44(30-15-6-2-7-16-30)48-45(47-43)32-24-26-40-37(28-32)42-34(20-12-22-41(42)50-40)31-23-25-39-36(27-31)35-19-10-11-21-38(35)49(39)33-17-8-3-9-18-33/h1-9,12-18,20,22-28,35,37-38,40H,10-11,19,21H2. The molecule has 0 spiro atoms. The summed E-state index contributed by atoms with van der Waals surface area (Å²) in [6, 6.07) is 45.5. The summed E-state index contributed by atoms with van der Waals surface area (Å²) in [5.74, 6) is 3.53. The van der Waals surface area contributed by atoms with E-state index in [1.165, 1.54) is 59.3 Å². The van der Waals surface area contributed by atoms with Gasteiger partial charge in [-0.2, -0.15) is 0 Å². The molecule has 0 N–H and O–H groups in total. The van der Waals surface area contributed by atoms with E-state index in [0.29, 0.717) is 29.4 Å². The molecule has 4 unspecified atom stereocenters. The number of benzene rings is 5. The van der Waals surface area contributed by atoms with Gasteiger partial charge in [0, 0.05) is 51.5 Å². The van der Waals surface area contributed by atoms with Crippen LogP contribution in [0.1, 0.15) is 54.5 Å². The summed E-state index contributed by atoms with van der Waals surface area (Å²) in [6.07, 6.45) is 11.6. The van der Waals surface area contributed by atoms with Gasteiger partial charge in [-0.05, 0) is 65.9 Å². The average Bonchev–Trinajstić information content (AvgIpc) is 3.74. The predicted molar refractivity (Wildman–Crippen MR) is 200 cm³/mol. The predicted octanol–water partition coefficient (Wildman–Crippen LogP) is 10.5. The zero-order chi connectivity index (χ0) is 33.0. The van der Waals surface area contributed by atoms with Gasteiger partial charge in [-0.15, -0.1) is 0 Å². The first-order chi connectivity index (χ1) is 24.8. The summed E-state index contributed by atoms with van der Waals surface area (Å²) in [4.78, 5) is 17.6. The summed E-state index contributed by atoms with van der Waals surface area (Å²) in [5, 5.41) is 0. The van der Waals surface area contributed by atoms with Gasteiger partial charge in [0.05, 0.1) is 0 Å². The lowest BCUT2D eigenvalue weighted by Gasteiger charge is -2.33. The second kappa shape index (κ2) is 12.0. The Morgan fingerprint density at radius 1 is 0.620 bits per heavy atom. The lowest BCUT2D eigenvalue weighted by molar-refractivity contribution is 0.269. The SMILES string of the molecule is C1=CC2Oc3cccc(-c4ccc5c(c4)C4CCCCC4N5c4ccccc4)c3C2C=C1c1nc(-c2ccccc2)nc(-c2ccccc2)n1. The summed E-state index contributed by atoms with van der Waals surface area (Å²) in [5.41, 5.74) is 10.8. The van der Waals surface area contributed by atoms with Gasteiger partial charge in [0.1, 0.15) is 11.9 Å². The van der Waals surface area contributed by atoms with E-state index in [1.807, 2.05) is 60.7 Å². The van der Waals surface area contributed by atoms with E-state index in [-0.39, 0.29) is 12.0 Å². The maximum Gasteiger partial charge on any atom is 0.164 e. The van der Waals surface area contributed by atoms with Gasteiger partial charge in [-0.25, -0.2) is 15.0 Å². The molecular formula is C45H36N4O. The van der Waals surface area contributed by atoms with Crippen molar-refractivity contribution in [3.63, 3.8) is 0 Å². The Hall–Kier alpha value is -5.81. The molecule has 6 aromatic rings. The normalized spacial score (nSPS) is 21.4. The Labute approximate surface area is 292 Å². The van der Waals surface area contributed by atoms with E-state index in [1.54, 1.807) is 0 Å². The van der Waals surface area contributed by atoms with Gasteiger partial charge in [-0.1, -0.05) is 122 Å². The van der Waals surface area contributed by atoms with Gasteiger partial charge < -0.3 is 9.64 Å². The average molecular weight is 649 g/mol. The summed E-state index contributed by atoms with van der Waals surface area (Å²) >= 11 is 0. The third-order valence-corrected chi connectivity index (χ3v) is 10.9. The lowest BCUT2D eigenvalue weighted by Crippen LogP contribution is -2.32. The maximum atomic E-state index is 6.60. The van der Waals surface area contributed by atoms with E-state index >= 15 is 0 Å². The van der Waals surface area contributed by atoms with Crippen LogP contribution in [0.25, 0.3) is 39.5 Å². The molecule has 1 fully saturated rings. The minimum Gasteiger partial charge on any atom is -0.485 e. The Morgan fingerprint density at radius 3 is 2.04 bits per heavy atom. The van der Waals surface area contributed by atoms with Crippen LogP contribution in [0.15, 0.2) is 146 Å². The highest BCUT2D eigenvalue weighted by molar-refractivity contribution is 5.82. The molecule has 0 bridgehead atoms. The largest absolute Gasteiger partial charge is 0.485 e. The number of fused-ring (bicyclic) bond motifs is 6. The molecule has 5 heteroatoms. The van der Waals surface area contributed by atoms with Crippen LogP contribution in [0.3, 0.4) is 0 Å². The fraction of sp³-hybridized carbons (Fsp3) is 0.178. The fourth-order valence-corrected chi connectivity index (χ4v) is 8.62. The van der Waals surface area contributed by atoms with E-state index in [4.69, 9.17) is 19.7 Å². The number of aromatic nitrogens is 3. The molecule has 5 aromatic carbocycles. The highest BCUT2D eigenvalue weighted by Gasteiger charge is 2.41. The fourth-order valence-electron chi connectivity index (χ4n) is 8.62. The summed E-state index contributed by atoms with van der Waals surface area (Å²) < 4.78 is 6.60. The number of para-hydroxylation sites is 1. The third kappa shape index (κ3) is 4.87. The number of allylic oxidation sites excluding steroid dienone is 2. The van der Waals surface area contributed by atoms with Gasteiger partial charge in [-0.3, -0.25) is 0 Å². The summed E-state index contributed by atoms with van der Waals surface area (Å²) in [6.45, 7) is 0. The zero-order valence-electron chi connectivity index (χ0n) is 27.7. The topological polar surface area (TPSA) is 51.1 Å². The van der Waals surface area contributed by atoms with Crippen molar-refractivity contribution in [1.29, 1.82) is 0 Å². The molecule has 50 heavy (non-hydrogen) atoms. The summed E-state index contributed by atoms with van der Waals surface area (Å²) in [7, 11) is 0. The van der Waals surface area contributed by atoms with Crippen molar-refractivity contribution in [3.8, 4) is 39.7 Å². The second-order valence-corrected chi connectivity index (χ2v) is 13.8. The van der Waals surface area contributed by atoms with E-state index in [9.17, 15) is 0 Å². The molecule has 2 aliphatic carbocycles. The van der Waals surface area contributed by atoms with E-state index < -0.39 is 0 Å². The van der Waals surface area contributed by atoms with Crippen LogP contribution in [0, 0.1) is 0 Å². The molecule has 1 saturated carbocycles. The first kappa shape index (κ1) is 29.1. The van der Waals surface area contributed by atoms with Crippen LogP contribution >= 0.6 is 0 Å². The van der Waals surface area contributed by atoms with Gasteiger partial charge in [0.15, 0.2) is 17.5 Å². The van der Waals surface area contributed by atoms with Crippen molar-refractivity contribution >= 4 is 16.9 Å². The Morgan fingerprint density at radius 2 is 1.30 bits per heavy atom. The molecule has 1 aromatic heterocycles. The Bertz CT molecular complexity index is 2220. The van der Waals surface area contributed by atoms with Crippen molar-refractivity contribution in [2.75, 3.05) is 4.90 Å². The molecule has 3 heterocycles. The number of hydrogen-bond acceptors (Lipinski definition) is 5. The van der Waals surface area contributed by atoms with E-state index in [2.05, 4.69) is 89.9 Å². The molecule has 10 rings (SSSR count). The maximum absolute atomic E-state index is 6.60. The highest BCUT2D eigenvalue weighted by Crippen LogP contribution is 2.53. The van der Waals surface area contributed by atoms with Crippen LogP contribution in [0.4, 0.5) is 11.4 Å². The first-order valence-corrected chi connectivity index (χ1v) is 17.8. The van der Waals surface area contributed by atoms with Gasteiger partial charge in [0.2, 0.25) is 0 Å². The van der Waals surface area contributed by atoms with Crippen LogP contribution in [-0.4, -0.2) is 27.1 Å².